The summed E-state index contributed by atoms with van der Waals surface area (Å²) < 4.78 is 5.16. The Labute approximate surface area is 178 Å². The molecule has 4 rings (SSSR count). The Morgan fingerprint density at radius 1 is 0.933 bits per heavy atom. The maximum Gasteiger partial charge on any atom is 0.236 e. The van der Waals surface area contributed by atoms with E-state index < -0.39 is 0 Å². The highest BCUT2D eigenvalue weighted by molar-refractivity contribution is 5.78. The molecule has 2 aromatic rings. The number of ether oxygens (including phenoxy) is 1. The number of benzene rings is 1. The molecule has 0 atom stereocenters. The Hall–Kier alpha value is -2.71. The first-order chi connectivity index (χ1) is 14.7. The van der Waals surface area contributed by atoms with E-state index in [0.29, 0.717) is 12.4 Å². The van der Waals surface area contributed by atoms with Gasteiger partial charge in [-0.25, -0.2) is 0 Å². The third-order valence-corrected chi connectivity index (χ3v) is 5.84. The zero-order valence-corrected chi connectivity index (χ0v) is 17.6. The fourth-order valence-electron chi connectivity index (χ4n) is 4.01. The number of nitrogens with zero attached hydrogens (tertiary/aromatic N) is 6. The lowest BCUT2D eigenvalue weighted by Gasteiger charge is -2.38. The molecule has 8 nitrogen and oxygen atoms in total. The minimum atomic E-state index is 0.240. The van der Waals surface area contributed by atoms with Crippen LogP contribution in [0.25, 0.3) is 0 Å². The van der Waals surface area contributed by atoms with Crippen molar-refractivity contribution in [3.63, 3.8) is 0 Å². The number of piperazine rings is 2. The molecular weight excluding hydrogens is 380 g/mol. The number of methoxy groups -OCH3 is 1. The highest BCUT2D eigenvalue weighted by Crippen LogP contribution is 2.16. The second-order valence-electron chi connectivity index (χ2n) is 7.83. The van der Waals surface area contributed by atoms with Gasteiger partial charge in [0.2, 0.25) is 11.8 Å². The number of rotatable bonds is 6. The highest BCUT2D eigenvalue weighted by atomic mass is 16.5. The van der Waals surface area contributed by atoms with Crippen LogP contribution in [-0.4, -0.2) is 96.6 Å². The molecule has 1 aromatic carbocycles. The van der Waals surface area contributed by atoms with Crippen molar-refractivity contribution in [3.05, 3.63) is 48.3 Å². The third kappa shape index (κ3) is 5.25. The molecule has 0 saturated carbocycles. The quantitative estimate of drug-likeness (QED) is 0.703. The summed E-state index contributed by atoms with van der Waals surface area (Å²) in [6.45, 7) is 8.30. The number of carbonyl (C=O) groups is 1. The van der Waals surface area contributed by atoms with Gasteiger partial charge in [0.05, 0.1) is 26.0 Å². The van der Waals surface area contributed by atoms with E-state index in [1.165, 1.54) is 5.56 Å². The van der Waals surface area contributed by atoms with Crippen LogP contribution in [0.4, 0.5) is 5.82 Å². The van der Waals surface area contributed by atoms with E-state index in [2.05, 4.69) is 48.9 Å². The molecule has 2 saturated heterocycles. The Morgan fingerprint density at radius 2 is 1.63 bits per heavy atom. The molecule has 0 aliphatic carbocycles. The Kier molecular flexibility index (Phi) is 6.76. The van der Waals surface area contributed by atoms with E-state index in [4.69, 9.17) is 4.74 Å². The first-order valence-electron chi connectivity index (χ1n) is 10.6. The minimum absolute atomic E-state index is 0.240. The molecule has 0 N–H and O–H groups in total. The fourth-order valence-corrected chi connectivity index (χ4v) is 4.01. The molecule has 30 heavy (non-hydrogen) atoms. The van der Waals surface area contributed by atoms with Gasteiger partial charge in [-0.2, -0.15) is 4.98 Å². The lowest BCUT2D eigenvalue weighted by atomic mass is 10.2. The van der Waals surface area contributed by atoms with Crippen LogP contribution in [0.1, 0.15) is 5.56 Å². The topological polar surface area (TPSA) is 65.0 Å². The molecule has 2 aliphatic rings. The smallest absolute Gasteiger partial charge is 0.236 e. The van der Waals surface area contributed by atoms with E-state index in [1.54, 1.807) is 19.5 Å². The van der Waals surface area contributed by atoms with Crippen LogP contribution >= 0.6 is 0 Å². The summed E-state index contributed by atoms with van der Waals surface area (Å²) in [7, 11) is 1.60. The van der Waals surface area contributed by atoms with Gasteiger partial charge in [0, 0.05) is 58.9 Å². The van der Waals surface area contributed by atoms with Crippen molar-refractivity contribution in [2.24, 2.45) is 0 Å². The molecular formula is C22H30N6O2. The summed E-state index contributed by atoms with van der Waals surface area (Å²) in [6, 6.07) is 10.5. The molecule has 0 bridgehead atoms. The van der Waals surface area contributed by atoms with Crippen molar-refractivity contribution in [1.82, 2.24) is 24.7 Å². The van der Waals surface area contributed by atoms with Crippen LogP contribution in [0, 0.1) is 0 Å². The standard InChI is InChI=1S/C22H30N6O2/c1-30-21-16-23-15-20(24-21)27-11-7-26(8-12-27)18-22(29)28-13-9-25(10-14-28)17-19-5-3-2-4-6-19/h2-6,15-16H,7-14,17-18H2,1H3. The van der Waals surface area contributed by atoms with Gasteiger partial charge in [0.25, 0.3) is 0 Å². The first-order valence-corrected chi connectivity index (χ1v) is 10.6. The van der Waals surface area contributed by atoms with Crippen molar-refractivity contribution >= 4 is 11.7 Å². The maximum absolute atomic E-state index is 12.8. The predicted molar refractivity (Wildman–Crippen MR) is 116 cm³/mol. The second kappa shape index (κ2) is 9.86. The molecule has 0 spiro atoms. The average molecular weight is 411 g/mol. The lowest BCUT2D eigenvalue weighted by molar-refractivity contribution is -0.134. The summed E-state index contributed by atoms with van der Waals surface area (Å²) >= 11 is 0. The van der Waals surface area contributed by atoms with E-state index in [9.17, 15) is 4.79 Å². The zero-order chi connectivity index (χ0) is 20.8. The average Bonchev–Trinajstić information content (AvgIpc) is 2.81. The zero-order valence-electron chi connectivity index (χ0n) is 17.6. The number of aromatic nitrogens is 2. The van der Waals surface area contributed by atoms with Crippen molar-refractivity contribution in [2.45, 2.75) is 6.54 Å². The molecule has 8 heteroatoms. The van der Waals surface area contributed by atoms with Gasteiger partial charge in [0.15, 0.2) is 5.82 Å². The molecule has 1 aromatic heterocycles. The number of amides is 1. The molecule has 160 valence electrons. The van der Waals surface area contributed by atoms with Crippen LogP contribution in [0.2, 0.25) is 0 Å². The van der Waals surface area contributed by atoms with Gasteiger partial charge in [-0.3, -0.25) is 19.6 Å². The van der Waals surface area contributed by atoms with Gasteiger partial charge in [-0.1, -0.05) is 30.3 Å². The number of carbonyl (C=O) groups excluding carboxylic acids is 1. The first kappa shape index (κ1) is 20.6. The number of hydrogen-bond acceptors (Lipinski definition) is 7. The molecule has 2 aliphatic heterocycles. The maximum atomic E-state index is 12.8. The lowest BCUT2D eigenvalue weighted by Crippen LogP contribution is -2.53. The van der Waals surface area contributed by atoms with Crippen LogP contribution in [0.15, 0.2) is 42.7 Å². The normalized spacial score (nSPS) is 18.4. The Morgan fingerprint density at radius 3 is 2.33 bits per heavy atom. The highest BCUT2D eigenvalue weighted by Gasteiger charge is 2.25. The van der Waals surface area contributed by atoms with Crippen molar-refractivity contribution < 1.29 is 9.53 Å². The van der Waals surface area contributed by atoms with E-state index in [0.717, 1.165) is 64.7 Å². The number of hydrogen-bond donors (Lipinski definition) is 0. The van der Waals surface area contributed by atoms with Gasteiger partial charge in [-0.15, -0.1) is 0 Å². The molecule has 3 heterocycles. The van der Waals surface area contributed by atoms with Crippen LogP contribution in [0.5, 0.6) is 5.88 Å². The number of anilines is 1. The van der Waals surface area contributed by atoms with Crippen molar-refractivity contribution in [3.8, 4) is 5.88 Å². The minimum Gasteiger partial charge on any atom is -0.480 e. The summed E-state index contributed by atoms with van der Waals surface area (Å²) in [4.78, 5) is 30.3. The van der Waals surface area contributed by atoms with Gasteiger partial charge in [0.1, 0.15) is 0 Å². The van der Waals surface area contributed by atoms with Gasteiger partial charge >= 0.3 is 0 Å². The third-order valence-electron chi connectivity index (χ3n) is 5.84. The fraction of sp³-hybridized carbons (Fsp3) is 0.500. The summed E-state index contributed by atoms with van der Waals surface area (Å²) in [5.74, 6) is 1.59. The predicted octanol–water partition coefficient (Wildman–Crippen LogP) is 0.952. The van der Waals surface area contributed by atoms with Crippen LogP contribution in [0.3, 0.4) is 0 Å². The summed E-state index contributed by atoms with van der Waals surface area (Å²) in [5.41, 5.74) is 1.33. The van der Waals surface area contributed by atoms with Gasteiger partial charge < -0.3 is 14.5 Å². The molecule has 0 unspecified atom stereocenters. The summed E-state index contributed by atoms with van der Waals surface area (Å²) in [5, 5.41) is 0. The molecule has 2 fully saturated rings. The van der Waals surface area contributed by atoms with Crippen molar-refractivity contribution in [1.29, 1.82) is 0 Å². The van der Waals surface area contributed by atoms with Crippen LogP contribution in [-0.2, 0) is 11.3 Å². The van der Waals surface area contributed by atoms with Crippen molar-refractivity contribution in [2.75, 3.05) is 70.9 Å². The van der Waals surface area contributed by atoms with E-state index in [-0.39, 0.29) is 5.91 Å². The Balaban J connectivity index is 1.20. The van der Waals surface area contributed by atoms with E-state index >= 15 is 0 Å². The summed E-state index contributed by atoms with van der Waals surface area (Å²) in [6.07, 6.45) is 3.37. The molecule has 0 radical (unpaired) electrons. The second-order valence-corrected chi connectivity index (χ2v) is 7.83. The van der Waals surface area contributed by atoms with Gasteiger partial charge in [-0.05, 0) is 5.56 Å². The monoisotopic (exact) mass is 410 g/mol. The SMILES string of the molecule is COc1cncc(N2CCN(CC(=O)N3CCN(Cc4ccccc4)CC3)CC2)n1. The van der Waals surface area contributed by atoms with Crippen LogP contribution < -0.4 is 9.64 Å². The largest absolute Gasteiger partial charge is 0.480 e. The van der Waals surface area contributed by atoms with E-state index in [1.807, 2.05) is 11.0 Å². The molecule has 1 amide bonds. The Bertz CT molecular complexity index is 817.